The van der Waals surface area contributed by atoms with Gasteiger partial charge in [-0.1, -0.05) is 42.3 Å². The van der Waals surface area contributed by atoms with E-state index in [-0.39, 0.29) is 12.4 Å². The van der Waals surface area contributed by atoms with E-state index in [1.807, 2.05) is 19.1 Å². The highest BCUT2D eigenvalue weighted by Gasteiger charge is 2.11. The minimum atomic E-state index is -0.150. The van der Waals surface area contributed by atoms with Crippen LogP contribution in [-0.4, -0.2) is 22.4 Å². The largest absolute Gasteiger partial charge is 0.469 e. The number of rotatable bonds is 6. The van der Waals surface area contributed by atoms with Crippen molar-refractivity contribution in [1.29, 1.82) is 0 Å². The van der Waals surface area contributed by atoms with Crippen LogP contribution in [0.2, 0.25) is 10.0 Å². The zero-order valence-corrected chi connectivity index (χ0v) is 15.6. The van der Waals surface area contributed by atoms with Gasteiger partial charge >= 0.3 is 0 Å². The summed E-state index contributed by atoms with van der Waals surface area (Å²) in [7, 11) is 0. The van der Waals surface area contributed by atoms with E-state index in [0.29, 0.717) is 27.3 Å². The molecule has 0 amide bonds. The van der Waals surface area contributed by atoms with Gasteiger partial charge in [-0.3, -0.25) is 4.79 Å². The lowest BCUT2D eigenvalue weighted by Gasteiger charge is -2.09. The molecule has 3 aromatic rings. The molecule has 0 aliphatic rings. The molecule has 0 spiro atoms. The smallest absolute Gasteiger partial charge is 0.217 e. The first-order chi connectivity index (χ1) is 12.5. The normalized spacial score (nSPS) is 10.6. The monoisotopic (exact) mass is 386 g/mol. The summed E-state index contributed by atoms with van der Waals surface area (Å²) in [5.74, 6) is 0.720. The summed E-state index contributed by atoms with van der Waals surface area (Å²) in [6.07, 6.45) is 0.720. The number of benzene rings is 2. The van der Waals surface area contributed by atoms with Gasteiger partial charge in [0.05, 0.1) is 0 Å². The first-order valence-corrected chi connectivity index (χ1v) is 8.86. The van der Waals surface area contributed by atoms with Crippen LogP contribution in [0.3, 0.4) is 0 Å². The fourth-order valence-electron chi connectivity index (χ4n) is 2.34. The van der Waals surface area contributed by atoms with E-state index >= 15 is 0 Å². The van der Waals surface area contributed by atoms with Crippen LogP contribution in [0.25, 0.3) is 11.4 Å². The average Bonchev–Trinajstić information content (AvgIpc) is 2.66. The van der Waals surface area contributed by atoms with E-state index in [1.54, 1.807) is 42.5 Å². The van der Waals surface area contributed by atoms with Crippen molar-refractivity contribution in [2.45, 2.75) is 13.3 Å². The molecule has 6 heteroatoms. The first-order valence-electron chi connectivity index (χ1n) is 8.10. The maximum atomic E-state index is 12.3. The average molecular weight is 387 g/mol. The molecule has 0 radical (unpaired) electrons. The van der Waals surface area contributed by atoms with Crippen LogP contribution in [0.5, 0.6) is 5.88 Å². The molecule has 0 unspecified atom stereocenters. The number of Topliss-reactive ketones (excluding diaryl/α,β-unsaturated/α-hetero) is 1. The molecule has 132 valence electrons. The second kappa shape index (κ2) is 8.30. The Morgan fingerprint density at radius 3 is 2.46 bits per heavy atom. The highest BCUT2D eigenvalue weighted by molar-refractivity contribution is 6.31. The van der Waals surface area contributed by atoms with E-state index in [9.17, 15) is 4.79 Å². The lowest BCUT2D eigenvalue weighted by Crippen LogP contribution is -2.12. The third-order valence-corrected chi connectivity index (χ3v) is 4.21. The van der Waals surface area contributed by atoms with Gasteiger partial charge < -0.3 is 4.74 Å². The molecule has 1 aromatic heterocycles. The van der Waals surface area contributed by atoms with Gasteiger partial charge in [0.1, 0.15) is 0 Å². The summed E-state index contributed by atoms with van der Waals surface area (Å²) >= 11 is 11.9. The van der Waals surface area contributed by atoms with Crippen LogP contribution in [-0.2, 0) is 6.42 Å². The predicted octanol–water partition coefficient (Wildman–Crippen LogP) is 5.27. The van der Waals surface area contributed by atoms with Crippen LogP contribution in [0.1, 0.15) is 23.0 Å². The second-order valence-corrected chi connectivity index (χ2v) is 6.48. The van der Waals surface area contributed by atoms with Crippen LogP contribution < -0.4 is 4.74 Å². The fourth-order valence-corrected chi connectivity index (χ4v) is 2.66. The van der Waals surface area contributed by atoms with Gasteiger partial charge in [-0.05, 0) is 42.8 Å². The van der Waals surface area contributed by atoms with Gasteiger partial charge in [-0.2, -0.15) is 4.98 Å². The maximum absolute atomic E-state index is 12.3. The van der Waals surface area contributed by atoms with E-state index in [2.05, 4.69) is 9.97 Å². The molecular formula is C20H16Cl2N2O2. The van der Waals surface area contributed by atoms with E-state index in [0.717, 1.165) is 17.7 Å². The number of carbonyl (C=O) groups excluding carboxylic acids is 1. The Balaban J connectivity index is 1.80. The van der Waals surface area contributed by atoms with Gasteiger partial charge in [-0.25, -0.2) is 4.98 Å². The number of hydrogen-bond acceptors (Lipinski definition) is 4. The zero-order valence-electron chi connectivity index (χ0n) is 14.1. The van der Waals surface area contributed by atoms with E-state index in [4.69, 9.17) is 27.9 Å². The molecule has 26 heavy (non-hydrogen) atoms. The molecule has 1 heterocycles. The third kappa shape index (κ3) is 4.59. The van der Waals surface area contributed by atoms with Crippen molar-refractivity contribution >= 4 is 29.0 Å². The summed E-state index contributed by atoms with van der Waals surface area (Å²) < 4.78 is 5.62. The van der Waals surface area contributed by atoms with Gasteiger partial charge in [-0.15, -0.1) is 0 Å². The zero-order chi connectivity index (χ0) is 18.5. The number of carbonyl (C=O) groups is 1. The molecule has 2 aromatic carbocycles. The number of ether oxygens (including phenoxy) is 1. The van der Waals surface area contributed by atoms with E-state index in [1.165, 1.54) is 0 Å². The topological polar surface area (TPSA) is 52.1 Å². The van der Waals surface area contributed by atoms with Gasteiger partial charge in [0, 0.05) is 32.9 Å². The van der Waals surface area contributed by atoms with Crippen LogP contribution in [0, 0.1) is 0 Å². The molecular weight excluding hydrogens is 371 g/mol. The molecule has 0 aliphatic carbocycles. The summed E-state index contributed by atoms with van der Waals surface area (Å²) in [5.41, 5.74) is 2.15. The maximum Gasteiger partial charge on any atom is 0.217 e. The van der Waals surface area contributed by atoms with Crippen LogP contribution in [0.4, 0.5) is 0 Å². The Labute approximate surface area is 161 Å². The Kier molecular flexibility index (Phi) is 5.86. The molecule has 4 nitrogen and oxygen atoms in total. The number of aryl methyl sites for hydroxylation is 1. The first kappa shape index (κ1) is 18.4. The Bertz CT molecular complexity index is 927. The van der Waals surface area contributed by atoms with Gasteiger partial charge in [0.2, 0.25) is 5.88 Å². The number of halogens is 2. The summed E-state index contributed by atoms with van der Waals surface area (Å²) in [6, 6.07) is 15.7. The lowest BCUT2D eigenvalue weighted by atomic mass is 10.1. The van der Waals surface area contributed by atoms with Gasteiger partial charge in [0.15, 0.2) is 18.2 Å². The van der Waals surface area contributed by atoms with Crippen LogP contribution in [0.15, 0.2) is 54.6 Å². The summed E-state index contributed by atoms with van der Waals surface area (Å²) in [5, 5.41) is 1.19. The fraction of sp³-hybridized carbons (Fsp3) is 0.150. The third-order valence-electron chi connectivity index (χ3n) is 3.72. The molecule has 0 saturated heterocycles. The molecule has 3 rings (SSSR count). The SMILES string of the molecule is CCc1cc(OCC(=O)c2ccc(Cl)cc2)nc(-c2cccc(Cl)c2)n1. The molecule has 0 fully saturated rings. The second-order valence-electron chi connectivity index (χ2n) is 5.60. The minimum absolute atomic E-state index is 0.114. The lowest BCUT2D eigenvalue weighted by molar-refractivity contribution is 0.0918. The van der Waals surface area contributed by atoms with Crippen LogP contribution >= 0.6 is 23.2 Å². The number of aromatic nitrogens is 2. The quantitative estimate of drug-likeness (QED) is 0.541. The predicted molar refractivity (Wildman–Crippen MR) is 103 cm³/mol. The molecule has 0 N–H and O–H groups in total. The van der Waals surface area contributed by atoms with Crippen molar-refractivity contribution in [1.82, 2.24) is 9.97 Å². The molecule has 0 bridgehead atoms. The number of ketones is 1. The van der Waals surface area contributed by atoms with Crippen molar-refractivity contribution < 1.29 is 9.53 Å². The summed E-state index contributed by atoms with van der Waals surface area (Å²) in [6.45, 7) is 1.88. The minimum Gasteiger partial charge on any atom is -0.469 e. The number of hydrogen-bond donors (Lipinski definition) is 0. The van der Waals surface area contributed by atoms with Gasteiger partial charge in [0.25, 0.3) is 0 Å². The number of nitrogens with zero attached hydrogens (tertiary/aromatic N) is 2. The molecule has 0 atom stereocenters. The van der Waals surface area contributed by atoms with Crippen molar-refractivity contribution in [3.8, 4) is 17.3 Å². The molecule has 0 saturated carbocycles. The van der Waals surface area contributed by atoms with E-state index < -0.39 is 0 Å². The molecule has 0 aliphatic heterocycles. The van der Waals surface area contributed by atoms with Crippen molar-refractivity contribution in [2.75, 3.05) is 6.61 Å². The standard InChI is InChI=1S/C20H16Cl2N2O2/c1-2-17-11-19(24-20(23-17)14-4-3-5-16(22)10-14)26-12-18(25)13-6-8-15(21)9-7-13/h3-11H,2,12H2,1H3. The highest BCUT2D eigenvalue weighted by Crippen LogP contribution is 2.22. The Morgan fingerprint density at radius 1 is 1.00 bits per heavy atom. The van der Waals surface area contributed by atoms with Crippen molar-refractivity contribution in [3.05, 3.63) is 75.9 Å². The Hall–Kier alpha value is -2.43. The van der Waals surface area contributed by atoms with Crippen molar-refractivity contribution in [3.63, 3.8) is 0 Å². The summed E-state index contributed by atoms with van der Waals surface area (Å²) in [4.78, 5) is 21.2. The highest BCUT2D eigenvalue weighted by atomic mass is 35.5. The van der Waals surface area contributed by atoms with Crippen molar-refractivity contribution in [2.24, 2.45) is 0 Å². The Morgan fingerprint density at radius 2 is 1.77 bits per heavy atom.